The van der Waals surface area contributed by atoms with Gasteiger partial charge in [-0.1, -0.05) is 30.3 Å². The number of hydrogen-bond donors (Lipinski definition) is 2. The third-order valence-electron chi connectivity index (χ3n) is 3.72. The molecule has 0 saturated carbocycles. The van der Waals surface area contributed by atoms with Crippen LogP contribution in [0.25, 0.3) is 0 Å². The van der Waals surface area contributed by atoms with Crippen molar-refractivity contribution >= 4 is 11.9 Å². The number of likely N-dealkylation sites (N-methyl/N-ethyl adjacent to an activating group) is 1. The van der Waals surface area contributed by atoms with E-state index in [1.165, 1.54) is 4.90 Å². The van der Waals surface area contributed by atoms with Crippen molar-refractivity contribution in [1.29, 1.82) is 0 Å². The van der Waals surface area contributed by atoms with Gasteiger partial charge in [0.2, 0.25) is 5.91 Å². The number of likely N-dealkylation sites (tertiary alicyclic amines) is 1. The first-order valence-electron chi connectivity index (χ1n) is 7.20. The van der Waals surface area contributed by atoms with E-state index in [9.17, 15) is 22.8 Å². The summed E-state index contributed by atoms with van der Waals surface area (Å²) in [6.45, 7) is 0.469. The molecule has 5 nitrogen and oxygen atoms in total. The second kappa shape index (κ2) is 6.89. The lowest BCUT2D eigenvalue weighted by Gasteiger charge is -2.23. The number of alkyl halides is 3. The first kappa shape index (κ1) is 17.1. The Morgan fingerprint density at radius 2 is 2.00 bits per heavy atom. The van der Waals surface area contributed by atoms with Gasteiger partial charge in [-0.15, -0.1) is 0 Å². The van der Waals surface area contributed by atoms with E-state index in [1.807, 2.05) is 5.32 Å². The van der Waals surface area contributed by atoms with Gasteiger partial charge in [-0.3, -0.25) is 4.79 Å². The molecular formula is C15H18F3N3O2. The van der Waals surface area contributed by atoms with E-state index < -0.39 is 24.3 Å². The summed E-state index contributed by atoms with van der Waals surface area (Å²) >= 11 is 0. The van der Waals surface area contributed by atoms with Crippen LogP contribution in [0.4, 0.5) is 18.0 Å². The molecule has 2 rings (SSSR count). The molecule has 1 fully saturated rings. The average Bonchev–Trinajstić information content (AvgIpc) is 2.79. The normalized spacial score (nSPS) is 19.6. The number of benzene rings is 1. The van der Waals surface area contributed by atoms with Crippen LogP contribution in [0, 0.1) is 0 Å². The Labute approximate surface area is 131 Å². The van der Waals surface area contributed by atoms with Crippen molar-refractivity contribution < 1.29 is 22.8 Å². The standard InChI is InChI=1S/C15H18F3N3O2/c1-21-8-7-11(13(21)22)19-14(23)20-12(15(16,17)18)9-10-5-3-2-4-6-10/h2-6,11-12H,7-9H2,1H3,(H2,19,20,23)/t11-,12-/m0/s1. The van der Waals surface area contributed by atoms with Crippen molar-refractivity contribution in [3.8, 4) is 0 Å². The summed E-state index contributed by atoms with van der Waals surface area (Å²) in [5, 5.41) is 4.23. The second-order valence-electron chi connectivity index (χ2n) is 5.50. The van der Waals surface area contributed by atoms with E-state index >= 15 is 0 Å². The Bertz CT molecular complexity index is 563. The Balaban J connectivity index is 1.98. The van der Waals surface area contributed by atoms with E-state index in [1.54, 1.807) is 37.4 Å². The molecule has 1 heterocycles. The maximum absolute atomic E-state index is 13.1. The van der Waals surface area contributed by atoms with Crippen LogP contribution in [-0.4, -0.2) is 48.7 Å². The van der Waals surface area contributed by atoms with Crippen LogP contribution in [-0.2, 0) is 11.2 Å². The third-order valence-corrected chi connectivity index (χ3v) is 3.72. The van der Waals surface area contributed by atoms with Gasteiger partial charge in [-0.2, -0.15) is 13.2 Å². The number of urea groups is 1. The highest BCUT2D eigenvalue weighted by Crippen LogP contribution is 2.23. The van der Waals surface area contributed by atoms with Crippen LogP contribution in [0.5, 0.6) is 0 Å². The fraction of sp³-hybridized carbons (Fsp3) is 0.467. The largest absolute Gasteiger partial charge is 0.408 e. The molecule has 0 aromatic heterocycles. The Morgan fingerprint density at radius 1 is 1.35 bits per heavy atom. The maximum Gasteiger partial charge on any atom is 0.408 e. The highest BCUT2D eigenvalue weighted by Gasteiger charge is 2.41. The molecule has 1 aromatic rings. The number of carbonyl (C=O) groups excluding carboxylic acids is 2. The lowest BCUT2D eigenvalue weighted by molar-refractivity contribution is -0.152. The molecule has 2 N–H and O–H groups in total. The van der Waals surface area contributed by atoms with Crippen molar-refractivity contribution in [2.24, 2.45) is 0 Å². The number of hydrogen-bond acceptors (Lipinski definition) is 2. The molecule has 8 heteroatoms. The van der Waals surface area contributed by atoms with Gasteiger partial charge in [-0.25, -0.2) is 4.79 Å². The summed E-state index contributed by atoms with van der Waals surface area (Å²) in [4.78, 5) is 24.9. The summed E-state index contributed by atoms with van der Waals surface area (Å²) in [5.74, 6) is -0.299. The van der Waals surface area contributed by atoms with Crippen molar-refractivity contribution in [3.63, 3.8) is 0 Å². The quantitative estimate of drug-likeness (QED) is 0.883. The lowest BCUT2D eigenvalue weighted by atomic mass is 10.1. The molecule has 1 saturated heterocycles. The topological polar surface area (TPSA) is 61.4 Å². The molecular weight excluding hydrogens is 311 g/mol. The van der Waals surface area contributed by atoms with Crippen LogP contribution in [0.2, 0.25) is 0 Å². The highest BCUT2D eigenvalue weighted by molar-refractivity contribution is 5.88. The predicted octanol–water partition coefficient (Wildman–Crippen LogP) is 1.69. The Kier molecular flexibility index (Phi) is 5.12. The minimum absolute atomic E-state index is 0.299. The monoisotopic (exact) mass is 329 g/mol. The van der Waals surface area contributed by atoms with E-state index in [0.717, 1.165) is 0 Å². The number of rotatable bonds is 4. The van der Waals surface area contributed by atoms with Crippen molar-refractivity contribution in [3.05, 3.63) is 35.9 Å². The molecule has 126 valence electrons. The molecule has 0 aliphatic carbocycles. The molecule has 1 aromatic carbocycles. The van der Waals surface area contributed by atoms with Crippen molar-refractivity contribution in [2.75, 3.05) is 13.6 Å². The molecule has 0 radical (unpaired) electrons. The van der Waals surface area contributed by atoms with Crippen LogP contribution >= 0.6 is 0 Å². The summed E-state index contributed by atoms with van der Waals surface area (Å²) in [7, 11) is 1.58. The summed E-state index contributed by atoms with van der Waals surface area (Å²) < 4.78 is 39.3. The van der Waals surface area contributed by atoms with Crippen LogP contribution in [0.1, 0.15) is 12.0 Å². The smallest absolute Gasteiger partial charge is 0.344 e. The summed E-state index contributed by atoms with van der Waals surface area (Å²) in [6, 6.07) is 4.32. The number of nitrogens with one attached hydrogen (secondary N) is 2. The number of amides is 3. The van der Waals surface area contributed by atoms with Crippen molar-refractivity contribution in [2.45, 2.75) is 31.1 Å². The van der Waals surface area contributed by atoms with Gasteiger partial charge in [0.15, 0.2) is 0 Å². The maximum atomic E-state index is 13.1. The van der Waals surface area contributed by atoms with E-state index in [0.29, 0.717) is 18.5 Å². The van der Waals surface area contributed by atoms with Gasteiger partial charge < -0.3 is 15.5 Å². The zero-order valence-electron chi connectivity index (χ0n) is 12.6. The average molecular weight is 329 g/mol. The molecule has 0 unspecified atom stereocenters. The second-order valence-corrected chi connectivity index (χ2v) is 5.50. The zero-order valence-corrected chi connectivity index (χ0v) is 12.6. The summed E-state index contributed by atoms with van der Waals surface area (Å²) in [6.07, 6.45) is -4.56. The molecule has 3 amide bonds. The lowest BCUT2D eigenvalue weighted by Crippen LogP contribution is -2.53. The molecule has 23 heavy (non-hydrogen) atoms. The molecule has 0 bridgehead atoms. The van der Waals surface area contributed by atoms with E-state index in [-0.39, 0.29) is 12.3 Å². The minimum Gasteiger partial charge on any atom is -0.344 e. The van der Waals surface area contributed by atoms with Gasteiger partial charge in [0, 0.05) is 20.0 Å². The Morgan fingerprint density at radius 3 is 2.52 bits per heavy atom. The van der Waals surface area contributed by atoms with Crippen LogP contribution < -0.4 is 10.6 Å². The van der Waals surface area contributed by atoms with Gasteiger partial charge in [0.1, 0.15) is 12.1 Å². The predicted molar refractivity (Wildman–Crippen MR) is 77.7 cm³/mol. The highest BCUT2D eigenvalue weighted by atomic mass is 19.4. The third kappa shape index (κ3) is 4.61. The van der Waals surface area contributed by atoms with Crippen molar-refractivity contribution in [1.82, 2.24) is 15.5 Å². The van der Waals surface area contributed by atoms with Crippen LogP contribution in [0.15, 0.2) is 30.3 Å². The van der Waals surface area contributed by atoms with E-state index in [4.69, 9.17) is 0 Å². The molecule has 1 aliphatic heterocycles. The molecule has 2 atom stereocenters. The first-order valence-corrected chi connectivity index (χ1v) is 7.20. The number of halogens is 3. The zero-order chi connectivity index (χ0) is 17.0. The van der Waals surface area contributed by atoms with Gasteiger partial charge in [0.25, 0.3) is 0 Å². The summed E-state index contributed by atoms with van der Waals surface area (Å²) in [5.41, 5.74) is 0.465. The first-order chi connectivity index (χ1) is 10.8. The SMILES string of the molecule is CN1CC[C@H](NC(=O)N[C@@H](Cc2ccccc2)C(F)(F)F)C1=O. The van der Waals surface area contributed by atoms with Gasteiger partial charge in [0.05, 0.1) is 0 Å². The van der Waals surface area contributed by atoms with Gasteiger partial charge in [-0.05, 0) is 12.0 Å². The minimum atomic E-state index is -4.58. The fourth-order valence-electron chi connectivity index (χ4n) is 2.41. The number of nitrogens with zero attached hydrogens (tertiary/aromatic N) is 1. The number of carbonyl (C=O) groups is 2. The fourth-order valence-corrected chi connectivity index (χ4v) is 2.41. The van der Waals surface area contributed by atoms with Gasteiger partial charge >= 0.3 is 12.2 Å². The van der Waals surface area contributed by atoms with E-state index in [2.05, 4.69) is 5.32 Å². The Hall–Kier alpha value is -2.25. The molecule has 1 aliphatic rings. The van der Waals surface area contributed by atoms with Crippen LogP contribution in [0.3, 0.4) is 0 Å². The molecule has 0 spiro atoms.